The van der Waals surface area contributed by atoms with Crippen LogP contribution in [-0.4, -0.2) is 14.8 Å². The third-order valence-electron chi connectivity index (χ3n) is 3.05. The monoisotopic (exact) mass is 341 g/mol. The van der Waals surface area contributed by atoms with Gasteiger partial charge in [-0.25, -0.2) is 9.37 Å². The molecule has 108 valence electrons. The Morgan fingerprint density at radius 3 is 3.00 bits per heavy atom. The average molecular weight is 342 g/mol. The largest absolute Gasteiger partial charge is 0.271 e. The Bertz CT molecular complexity index is 572. The number of benzene rings is 1. The van der Waals surface area contributed by atoms with E-state index < -0.39 is 0 Å². The summed E-state index contributed by atoms with van der Waals surface area (Å²) < 4.78 is 16.6. The number of hydrogen-bond donors (Lipinski definition) is 2. The molecule has 1 unspecified atom stereocenters. The zero-order valence-electron chi connectivity index (χ0n) is 11.2. The van der Waals surface area contributed by atoms with E-state index in [-0.39, 0.29) is 11.9 Å². The van der Waals surface area contributed by atoms with E-state index in [1.165, 1.54) is 12.4 Å². The third-order valence-corrected chi connectivity index (χ3v) is 3.55. The van der Waals surface area contributed by atoms with Crippen molar-refractivity contribution in [3.05, 3.63) is 46.2 Å². The van der Waals surface area contributed by atoms with Crippen molar-refractivity contribution in [2.75, 3.05) is 0 Å². The molecule has 0 amide bonds. The topological polar surface area (TPSA) is 68.8 Å². The van der Waals surface area contributed by atoms with Gasteiger partial charge in [0.2, 0.25) is 0 Å². The van der Waals surface area contributed by atoms with E-state index in [1.54, 1.807) is 12.1 Å². The Kier molecular flexibility index (Phi) is 5.22. The number of hydrogen-bond acceptors (Lipinski definition) is 4. The molecule has 1 aromatic carbocycles. The predicted octanol–water partition coefficient (Wildman–Crippen LogP) is 2.34. The predicted molar refractivity (Wildman–Crippen MR) is 78.2 cm³/mol. The van der Waals surface area contributed by atoms with Crippen molar-refractivity contribution < 1.29 is 4.39 Å². The van der Waals surface area contributed by atoms with Crippen molar-refractivity contribution in [3.63, 3.8) is 0 Å². The highest BCUT2D eigenvalue weighted by atomic mass is 79.9. The maximum atomic E-state index is 13.9. The van der Waals surface area contributed by atoms with E-state index in [1.807, 2.05) is 4.68 Å². The lowest BCUT2D eigenvalue weighted by Gasteiger charge is -2.17. The molecule has 0 bridgehead atoms. The second kappa shape index (κ2) is 6.92. The van der Waals surface area contributed by atoms with Crippen molar-refractivity contribution in [1.29, 1.82) is 0 Å². The maximum Gasteiger partial charge on any atom is 0.138 e. The zero-order chi connectivity index (χ0) is 14.5. The first kappa shape index (κ1) is 15.1. The Morgan fingerprint density at radius 2 is 2.30 bits per heavy atom. The molecule has 0 fully saturated rings. The standard InChI is InChI=1S/C13H17BrFN5/c1-2-5-20-13(17-8-18-20)7-12(19-16)10-6-9(14)3-4-11(10)15/h3-4,6,8,12,19H,2,5,7,16H2,1H3. The number of nitrogens with two attached hydrogens (primary N) is 1. The van der Waals surface area contributed by atoms with E-state index in [0.717, 1.165) is 23.3 Å². The summed E-state index contributed by atoms with van der Waals surface area (Å²) in [6, 6.07) is 4.44. The molecular formula is C13H17BrFN5. The fraction of sp³-hybridized carbons (Fsp3) is 0.385. The number of halogens is 2. The number of hydrazine groups is 1. The van der Waals surface area contributed by atoms with E-state index in [2.05, 4.69) is 38.4 Å². The van der Waals surface area contributed by atoms with Gasteiger partial charge in [-0.2, -0.15) is 5.10 Å². The van der Waals surface area contributed by atoms with Crippen LogP contribution in [0, 0.1) is 5.82 Å². The van der Waals surface area contributed by atoms with E-state index in [9.17, 15) is 4.39 Å². The van der Waals surface area contributed by atoms with Crippen molar-refractivity contribution in [1.82, 2.24) is 20.2 Å². The molecule has 0 saturated carbocycles. The van der Waals surface area contributed by atoms with Crippen LogP contribution >= 0.6 is 15.9 Å². The molecule has 0 radical (unpaired) electrons. The van der Waals surface area contributed by atoms with Crippen molar-refractivity contribution in [2.24, 2.45) is 5.84 Å². The van der Waals surface area contributed by atoms with Crippen LogP contribution < -0.4 is 11.3 Å². The fourth-order valence-electron chi connectivity index (χ4n) is 2.07. The summed E-state index contributed by atoms with van der Waals surface area (Å²) in [5.41, 5.74) is 3.16. The minimum atomic E-state index is -0.354. The molecule has 5 nitrogen and oxygen atoms in total. The molecule has 7 heteroatoms. The lowest BCUT2D eigenvalue weighted by Crippen LogP contribution is -2.31. The lowest BCUT2D eigenvalue weighted by atomic mass is 10.0. The SMILES string of the molecule is CCCn1ncnc1CC(NN)c1cc(Br)ccc1F. The van der Waals surface area contributed by atoms with Crippen LogP contribution in [0.5, 0.6) is 0 Å². The quantitative estimate of drug-likeness (QED) is 0.625. The van der Waals surface area contributed by atoms with Gasteiger partial charge in [0.1, 0.15) is 18.0 Å². The van der Waals surface area contributed by atoms with Crippen LogP contribution in [-0.2, 0) is 13.0 Å². The summed E-state index contributed by atoms with van der Waals surface area (Å²) in [6.45, 7) is 2.85. The van der Waals surface area contributed by atoms with Gasteiger partial charge in [0, 0.05) is 23.0 Å². The van der Waals surface area contributed by atoms with Crippen molar-refractivity contribution >= 4 is 15.9 Å². The molecule has 1 aromatic heterocycles. The Labute approximate surface area is 125 Å². The van der Waals surface area contributed by atoms with Gasteiger partial charge in [-0.05, 0) is 24.6 Å². The highest BCUT2D eigenvalue weighted by Crippen LogP contribution is 2.23. The van der Waals surface area contributed by atoms with Crippen LogP contribution in [0.25, 0.3) is 0 Å². The normalized spacial score (nSPS) is 12.6. The van der Waals surface area contributed by atoms with Gasteiger partial charge in [0.15, 0.2) is 0 Å². The molecule has 1 heterocycles. The average Bonchev–Trinajstić information content (AvgIpc) is 2.87. The summed E-state index contributed by atoms with van der Waals surface area (Å²) in [6.07, 6.45) is 2.95. The molecule has 1 atom stereocenters. The first-order chi connectivity index (χ1) is 9.65. The second-order valence-electron chi connectivity index (χ2n) is 4.49. The summed E-state index contributed by atoms with van der Waals surface area (Å²) in [4.78, 5) is 4.22. The summed E-state index contributed by atoms with van der Waals surface area (Å²) in [5.74, 6) is 6.07. The molecule has 0 spiro atoms. The van der Waals surface area contributed by atoms with Crippen LogP contribution in [0.3, 0.4) is 0 Å². The smallest absolute Gasteiger partial charge is 0.138 e. The number of aromatic nitrogens is 3. The maximum absolute atomic E-state index is 13.9. The van der Waals surface area contributed by atoms with Crippen LogP contribution in [0.2, 0.25) is 0 Å². The van der Waals surface area contributed by atoms with Crippen molar-refractivity contribution in [2.45, 2.75) is 32.4 Å². The Hall–Kier alpha value is -1.31. The summed E-state index contributed by atoms with van der Waals surface area (Å²) >= 11 is 3.34. The van der Waals surface area contributed by atoms with Gasteiger partial charge in [-0.1, -0.05) is 22.9 Å². The Morgan fingerprint density at radius 1 is 1.50 bits per heavy atom. The van der Waals surface area contributed by atoms with Gasteiger partial charge < -0.3 is 0 Å². The number of nitrogens with one attached hydrogen (secondary N) is 1. The molecule has 2 rings (SSSR count). The molecule has 0 aliphatic rings. The van der Waals surface area contributed by atoms with E-state index >= 15 is 0 Å². The van der Waals surface area contributed by atoms with Crippen LogP contribution in [0.15, 0.2) is 29.0 Å². The zero-order valence-corrected chi connectivity index (χ0v) is 12.8. The summed E-state index contributed by atoms with van der Waals surface area (Å²) in [5, 5.41) is 4.16. The van der Waals surface area contributed by atoms with Gasteiger partial charge in [-0.15, -0.1) is 0 Å². The first-order valence-electron chi connectivity index (χ1n) is 6.43. The molecule has 20 heavy (non-hydrogen) atoms. The summed E-state index contributed by atoms with van der Waals surface area (Å²) in [7, 11) is 0. The second-order valence-corrected chi connectivity index (χ2v) is 5.40. The Balaban J connectivity index is 2.24. The molecular weight excluding hydrogens is 325 g/mol. The molecule has 2 aromatic rings. The highest BCUT2D eigenvalue weighted by molar-refractivity contribution is 9.10. The highest BCUT2D eigenvalue weighted by Gasteiger charge is 2.18. The van der Waals surface area contributed by atoms with Gasteiger partial charge >= 0.3 is 0 Å². The number of rotatable bonds is 6. The molecule has 3 N–H and O–H groups in total. The number of nitrogens with zero attached hydrogens (tertiary/aromatic N) is 3. The molecule has 0 aliphatic heterocycles. The van der Waals surface area contributed by atoms with Gasteiger partial charge in [-0.3, -0.25) is 16.0 Å². The molecule has 0 aliphatic carbocycles. The van der Waals surface area contributed by atoms with E-state index in [4.69, 9.17) is 5.84 Å². The van der Waals surface area contributed by atoms with Gasteiger partial charge in [0.05, 0.1) is 6.04 Å². The van der Waals surface area contributed by atoms with Gasteiger partial charge in [0.25, 0.3) is 0 Å². The number of aryl methyl sites for hydroxylation is 1. The lowest BCUT2D eigenvalue weighted by molar-refractivity contribution is 0.478. The minimum absolute atomic E-state index is 0.294. The molecule has 0 saturated heterocycles. The fourth-order valence-corrected chi connectivity index (χ4v) is 2.45. The third kappa shape index (κ3) is 3.41. The van der Waals surface area contributed by atoms with Crippen molar-refractivity contribution in [3.8, 4) is 0 Å². The van der Waals surface area contributed by atoms with Crippen LogP contribution in [0.1, 0.15) is 30.8 Å². The van der Waals surface area contributed by atoms with E-state index in [0.29, 0.717) is 12.0 Å². The first-order valence-corrected chi connectivity index (χ1v) is 7.22. The van der Waals surface area contributed by atoms with Crippen LogP contribution in [0.4, 0.5) is 4.39 Å². The minimum Gasteiger partial charge on any atom is -0.271 e.